The lowest BCUT2D eigenvalue weighted by Crippen LogP contribution is -2.44. The number of rotatable bonds is 2. The van der Waals surface area contributed by atoms with Crippen LogP contribution in [-0.4, -0.2) is 35.1 Å². The molecule has 2 unspecified atom stereocenters. The van der Waals surface area contributed by atoms with Gasteiger partial charge >= 0.3 is 0 Å². The van der Waals surface area contributed by atoms with Crippen LogP contribution in [0.5, 0.6) is 0 Å². The van der Waals surface area contributed by atoms with E-state index in [1.54, 1.807) is 12.4 Å². The average molecular weight is 253 g/mol. The van der Waals surface area contributed by atoms with Crippen molar-refractivity contribution in [2.45, 2.75) is 37.8 Å². The normalized spacial score (nSPS) is 28.9. The van der Waals surface area contributed by atoms with Crippen molar-refractivity contribution in [3.05, 3.63) is 17.4 Å². The monoisotopic (exact) mass is 252 g/mol. The predicted molar refractivity (Wildman–Crippen MR) is 68.4 cm³/mol. The van der Waals surface area contributed by atoms with Crippen LogP contribution in [0.1, 0.15) is 25.7 Å². The highest BCUT2D eigenvalue weighted by atomic mass is 35.5. The summed E-state index contributed by atoms with van der Waals surface area (Å²) < 4.78 is 0. The van der Waals surface area contributed by atoms with Crippen LogP contribution in [0.25, 0.3) is 0 Å². The first-order valence-corrected chi connectivity index (χ1v) is 6.70. The second-order valence-electron chi connectivity index (χ2n) is 4.81. The summed E-state index contributed by atoms with van der Waals surface area (Å²) in [5.41, 5.74) is 0. The van der Waals surface area contributed by atoms with Crippen LogP contribution in [0.15, 0.2) is 12.4 Å². The predicted octanol–water partition coefficient (Wildman–Crippen LogP) is 1.85. The minimum atomic E-state index is 0.554. The van der Waals surface area contributed by atoms with E-state index in [-0.39, 0.29) is 0 Å². The maximum absolute atomic E-state index is 5.83. The van der Waals surface area contributed by atoms with Crippen LogP contribution in [0.2, 0.25) is 5.02 Å². The summed E-state index contributed by atoms with van der Waals surface area (Å²) in [7, 11) is 0. The van der Waals surface area contributed by atoms with Crippen LogP contribution < -0.4 is 10.2 Å². The lowest BCUT2D eigenvalue weighted by molar-refractivity contribution is 0.478. The summed E-state index contributed by atoms with van der Waals surface area (Å²) in [5, 5.41) is 4.19. The fourth-order valence-corrected chi connectivity index (χ4v) is 3.05. The highest BCUT2D eigenvalue weighted by Gasteiger charge is 2.34. The Morgan fingerprint density at radius 3 is 2.76 bits per heavy atom. The van der Waals surface area contributed by atoms with Gasteiger partial charge in [0.2, 0.25) is 5.95 Å². The number of anilines is 1. The standard InChI is InChI=1S/C12H17ClN4/c13-9-7-15-12(16-8-9)17-6-2-4-11(17)10-3-1-5-14-10/h7-8,10-11,14H,1-6H2. The molecule has 2 aliphatic heterocycles. The molecular weight excluding hydrogens is 236 g/mol. The van der Waals surface area contributed by atoms with Crippen LogP contribution in [-0.2, 0) is 0 Å². The van der Waals surface area contributed by atoms with Crippen molar-refractivity contribution in [1.29, 1.82) is 0 Å². The van der Waals surface area contributed by atoms with Gasteiger partial charge in [0.1, 0.15) is 0 Å². The van der Waals surface area contributed by atoms with Gasteiger partial charge in [-0.1, -0.05) is 11.6 Å². The van der Waals surface area contributed by atoms with E-state index in [4.69, 9.17) is 11.6 Å². The summed E-state index contributed by atoms with van der Waals surface area (Å²) in [6, 6.07) is 1.16. The van der Waals surface area contributed by atoms with Crippen LogP contribution in [0, 0.1) is 0 Å². The molecule has 3 rings (SSSR count). The van der Waals surface area contributed by atoms with E-state index >= 15 is 0 Å². The number of hydrogen-bond acceptors (Lipinski definition) is 4. The third-order valence-electron chi connectivity index (χ3n) is 3.73. The third kappa shape index (κ3) is 2.24. The molecule has 0 aromatic carbocycles. The number of halogens is 1. The molecule has 4 nitrogen and oxygen atoms in total. The number of hydrogen-bond donors (Lipinski definition) is 1. The Kier molecular flexibility index (Phi) is 3.16. The highest BCUT2D eigenvalue weighted by Crippen LogP contribution is 2.27. The van der Waals surface area contributed by atoms with Gasteiger partial charge in [-0.15, -0.1) is 0 Å². The summed E-state index contributed by atoms with van der Waals surface area (Å²) in [6.45, 7) is 2.21. The van der Waals surface area contributed by atoms with E-state index in [0.29, 0.717) is 17.1 Å². The minimum Gasteiger partial charge on any atom is -0.336 e. The highest BCUT2D eigenvalue weighted by molar-refractivity contribution is 6.30. The molecule has 2 saturated heterocycles. The van der Waals surface area contributed by atoms with Crippen molar-refractivity contribution in [2.24, 2.45) is 0 Å². The molecule has 1 aromatic heterocycles. The maximum atomic E-state index is 5.83. The van der Waals surface area contributed by atoms with Crippen LogP contribution in [0.3, 0.4) is 0 Å². The fourth-order valence-electron chi connectivity index (χ4n) is 2.95. The van der Waals surface area contributed by atoms with Crippen LogP contribution in [0.4, 0.5) is 5.95 Å². The molecule has 0 saturated carbocycles. The van der Waals surface area contributed by atoms with Gasteiger partial charge in [0.25, 0.3) is 0 Å². The summed E-state index contributed by atoms with van der Waals surface area (Å²) in [6.07, 6.45) is 8.40. The molecule has 3 heterocycles. The van der Waals surface area contributed by atoms with Crippen molar-refractivity contribution in [2.75, 3.05) is 18.0 Å². The lowest BCUT2D eigenvalue weighted by atomic mass is 10.0. The van der Waals surface area contributed by atoms with E-state index in [1.165, 1.54) is 25.7 Å². The summed E-state index contributed by atoms with van der Waals surface area (Å²) in [5.74, 6) is 0.825. The molecular formula is C12H17ClN4. The second kappa shape index (κ2) is 4.78. The Morgan fingerprint density at radius 1 is 1.24 bits per heavy atom. The second-order valence-corrected chi connectivity index (χ2v) is 5.24. The molecule has 0 aliphatic carbocycles. The zero-order valence-electron chi connectivity index (χ0n) is 9.77. The van der Waals surface area contributed by atoms with Gasteiger partial charge in [-0.25, -0.2) is 9.97 Å². The molecule has 5 heteroatoms. The summed E-state index contributed by atoms with van der Waals surface area (Å²) >= 11 is 5.83. The molecule has 1 aromatic rings. The summed E-state index contributed by atoms with van der Waals surface area (Å²) in [4.78, 5) is 11.0. The van der Waals surface area contributed by atoms with Gasteiger partial charge in [0, 0.05) is 18.6 Å². The zero-order chi connectivity index (χ0) is 11.7. The lowest BCUT2D eigenvalue weighted by Gasteiger charge is -2.29. The van der Waals surface area contributed by atoms with Gasteiger partial charge in [0.15, 0.2) is 0 Å². The Hall–Kier alpha value is -0.870. The van der Waals surface area contributed by atoms with Gasteiger partial charge in [-0.05, 0) is 32.2 Å². The van der Waals surface area contributed by atoms with Crippen molar-refractivity contribution < 1.29 is 0 Å². The maximum Gasteiger partial charge on any atom is 0.225 e. The molecule has 0 radical (unpaired) electrons. The van der Waals surface area contributed by atoms with Gasteiger partial charge in [-0.2, -0.15) is 0 Å². The molecule has 92 valence electrons. The molecule has 0 bridgehead atoms. The Bertz CT molecular complexity index is 375. The molecule has 17 heavy (non-hydrogen) atoms. The third-order valence-corrected chi connectivity index (χ3v) is 3.92. The smallest absolute Gasteiger partial charge is 0.225 e. The van der Waals surface area contributed by atoms with Crippen molar-refractivity contribution in [3.63, 3.8) is 0 Å². The molecule has 2 fully saturated rings. The first-order chi connectivity index (χ1) is 8.34. The fraction of sp³-hybridized carbons (Fsp3) is 0.667. The van der Waals surface area contributed by atoms with E-state index in [9.17, 15) is 0 Å². The van der Waals surface area contributed by atoms with E-state index in [1.807, 2.05) is 0 Å². The number of nitrogens with one attached hydrogen (secondary N) is 1. The van der Waals surface area contributed by atoms with Gasteiger partial charge in [0.05, 0.1) is 17.4 Å². The Labute approximate surface area is 106 Å². The van der Waals surface area contributed by atoms with Gasteiger partial charge < -0.3 is 10.2 Å². The van der Waals surface area contributed by atoms with Crippen LogP contribution >= 0.6 is 11.6 Å². The number of nitrogens with zero attached hydrogens (tertiary/aromatic N) is 3. The molecule has 0 spiro atoms. The Balaban J connectivity index is 1.78. The molecule has 2 atom stereocenters. The molecule has 1 N–H and O–H groups in total. The van der Waals surface area contributed by atoms with E-state index in [0.717, 1.165) is 19.0 Å². The quantitative estimate of drug-likeness (QED) is 0.872. The average Bonchev–Trinajstić information content (AvgIpc) is 3.00. The SMILES string of the molecule is Clc1cnc(N2CCCC2C2CCCN2)nc1. The largest absolute Gasteiger partial charge is 0.336 e. The topological polar surface area (TPSA) is 41.1 Å². The minimum absolute atomic E-state index is 0.554. The van der Waals surface area contributed by atoms with Crippen molar-refractivity contribution in [1.82, 2.24) is 15.3 Å². The first-order valence-electron chi connectivity index (χ1n) is 6.32. The van der Waals surface area contributed by atoms with E-state index < -0.39 is 0 Å². The van der Waals surface area contributed by atoms with Crippen molar-refractivity contribution >= 4 is 17.5 Å². The van der Waals surface area contributed by atoms with E-state index in [2.05, 4.69) is 20.2 Å². The zero-order valence-corrected chi connectivity index (χ0v) is 10.5. The molecule has 0 amide bonds. The molecule has 2 aliphatic rings. The number of aromatic nitrogens is 2. The Morgan fingerprint density at radius 2 is 2.06 bits per heavy atom. The first kappa shape index (κ1) is 11.2. The van der Waals surface area contributed by atoms with Crippen molar-refractivity contribution in [3.8, 4) is 0 Å². The van der Waals surface area contributed by atoms with Gasteiger partial charge in [-0.3, -0.25) is 0 Å².